The number of carbonyl (C=O) groups is 2. The van der Waals surface area contributed by atoms with Crippen LogP contribution in [0.1, 0.15) is 0 Å². The van der Waals surface area contributed by atoms with E-state index in [2.05, 4.69) is 20.9 Å². The molecule has 0 saturated heterocycles. The predicted molar refractivity (Wildman–Crippen MR) is 57.8 cm³/mol. The molecule has 1 aliphatic heterocycles. The van der Waals surface area contributed by atoms with Crippen LogP contribution in [0.15, 0.2) is 39.4 Å². The minimum absolute atomic E-state index is 0.206. The number of amides is 1. The fourth-order valence-electron chi connectivity index (χ4n) is 1.43. The molecule has 2 aliphatic rings. The summed E-state index contributed by atoms with van der Waals surface area (Å²) >= 11 is 3.25. The van der Waals surface area contributed by atoms with Crippen molar-refractivity contribution in [2.45, 2.75) is 0 Å². The second-order valence-corrected chi connectivity index (χ2v) is 4.06. The first-order chi connectivity index (χ1) is 7.08. The van der Waals surface area contributed by atoms with Crippen LogP contribution in [0, 0.1) is 5.92 Å². The van der Waals surface area contributed by atoms with Gasteiger partial charge in [0.25, 0.3) is 5.91 Å². The number of aliphatic imine (C=N–C) groups is 1. The van der Waals surface area contributed by atoms with Crippen LogP contribution in [-0.2, 0) is 9.59 Å². The lowest BCUT2D eigenvalue weighted by Crippen LogP contribution is -2.24. The maximum Gasteiger partial charge on any atom is 0.354 e. The van der Waals surface area contributed by atoms with Crippen molar-refractivity contribution < 1.29 is 14.7 Å². The highest BCUT2D eigenvalue weighted by Gasteiger charge is 2.27. The maximum absolute atomic E-state index is 11.5. The Balaban J connectivity index is 2.43. The van der Waals surface area contributed by atoms with Crippen molar-refractivity contribution in [3.8, 4) is 0 Å². The van der Waals surface area contributed by atoms with Crippen LogP contribution in [0.5, 0.6) is 0 Å². The summed E-state index contributed by atoms with van der Waals surface area (Å²) in [6, 6.07) is 0. The lowest BCUT2D eigenvalue weighted by Gasteiger charge is -2.18. The van der Waals surface area contributed by atoms with Crippen LogP contribution >= 0.6 is 15.9 Å². The monoisotopic (exact) mass is 267 g/mol. The molecular formula is C10H6BrNO3. The molecule has 0 aromatic heterocycles. The molecule has 0 aromatic rings. The first kappa shape index (κ1) is 10.0. The molecule has 0 fully saturated rings. The minimum atomic E-state index is -1.18. The van der Waals surface area contributed by atoms with Gasteiger partial charge in [-0.05, 0) is 17.7 Å². The van der Waals surface area contributed by atoms with E-state index in [0.29, 0.717) is 5.57 Å². The molecule has 5 heteroatoms. The van der Waals surface area contributed by atoms with E-state index in [0.717, 1.165) is 4.48 Å². The average molecular weight is 268 g/mol. The van der Waals surface area contributed by atoms with Gasteiger partial charge in [0.15, 0.2) is 5.71 Å². The molecule has 1 amide bonds. The lowest BCUT2D eigenvalue weighted by atomic mass is 9.90. The second-order valence-electron chi connectivity index (χ2n) is 3.15. The summed E-state index contributed by atoms with van der Waals surface area (Å²) in [5.41, 5.74) is 0.456. The summed E-state index contributed by atoms with van der Waals surface area (Å²) in [5, 5.41) is 8.72. The van der Waals surface area contributed by atoms with E-state index < -0.39 is 17.8 Å². The number of rotatable bonds is 1. The molecule has 0 spiro atoms. The number of fused-ring (bicyclic) bond motifs is 1. The number of aliphatic carboxylic acids is 1. The summed E-state index contributed by atoms with van der Waals surface area (Å²) in [4.78, 5) is 25.7. The summed E-state index contributed by atoms with van der Waals surface area (Å²) in [7, 11) is 0. The van der Waals surface area contributed by atoms with Gasteiger partial charge in [0.1, 0.15) is 0 Å². The molecule has 0 aromatic carbocycles. The smallest absolute Gasteiger partial charge is 0.354 e. The molecule has 1 N–H and O–H groups in total. The van der Waals surface area contributed by atoms with E-state index in [1.807, 2.05) is 0 Å². The number of hydrogen-bond acceptors (Lipinski definition) is 2. The molecule has 15 heavy (non-hydrogen) atoms. The third-order valence-corrected chi connectivity index (χ3v) is 2.67. The molecule has 0 radical (unpaired) electrons. The zero-order chi connectivity index (χ0) is 11.0. The van der Waals surface area contributed by atoms with Crippen molar-refractivity contribution in [1.82, 2.24) is 0 Å². The quantitative estimate of drug-likeness (QED) is 0.782. The molecule has 1 unspecified atom stereocenters. The van der Waals surface area contributed by atoms with Crippen LogP contribution in [0.2, 0.25) is 0 Å². The highest BCUT2D eigenvalue weighted by atomic mass is 79.9. The molecule has 1 atom stereocenters. The van der Waals surface area contributed by atoms with Gasteiger partial charge in [0, 0.05) is 4.48 Å². The lowest BCUT2D eigenvalue weighted by molar-refractivity contribution is -0.130. The normalized spacial score (nSPS) is 23.9. The van der Waals surface area contributed by atoms with Crippen molar-refractivity contribution in [1.29, 1.82) is 0 Å². The molecule has 0 saturated carbocycles. The minimum Gasteiger partial charge on any atom is -0.477 e. The van der Waals surface area contributed by atoms with E-state index in [9.17, 15) is 9.59 Å². The molecule has 2 rings (SSSR count). The molecule has 0 bridgehead atoms. The Kier molecular flexibility index (Phi) is 2.40. The van der Waals surface area contributed by atoms with Gasteiger partial charge in [-0.15, -0.1) is 0 Å². The van der Waals surface area contributed by atoms with Crippen LogP contribution in [0.4, 0.5) is 0 Å². The van der Waals surface area contributed by atoms with Gasteiger partial charge in [-0.2, -0.15) is 0 Å². The van der Waals surface area contributed by atoms with E-state index in [-0.39, 0.29) is 5.71 Å². The fraction of sp³-hybridized carbons (Fsp3) is 0.100. The van der Waals surface area contributed by atoms with E-state index >= 15 is 0 Å². The molecular weight excluding hydrogens is 262 g/mol. The van der Waals surface area contributed by atoms with Crippen LogP contribution in [-0.4, -0.2) is 22.7 Å². The Morgan fingerprint density at radius 2 is 2.20 bits per heavy atom. The molecule has 4 nitrogen and oxygen atoms in total. The Bertz CT molecular complexity index is 471. The number of dihydropyridines is 1. The summed E-state index contributed by atoms with van der Waals surface area (Å²) < 4.78 is 0.798. The van der Waals surface area contributed by atoms with Crippen molar-refractivity contribution in [2.24, 2.45) is 10.9 Å². The summed E-state index contributed by atoms with van der Waals surface area (Å²) in [6.07, 6.45) is 6.60. The van der Waals surface area contributed by atoms with E-state index in [4.69, 9.17) is 5.11 Å². The van der Waals surface area contributed by atoms with Crippen LogP contribution < -0.4 is 0 Å². The number of hydrogen-bond donors (Lipinski definition) is 1. The Hall–Kier alpha value is -1.49. The van der Waals surface area contributed by atoms with Gasteiger partial charge in [-0.25, -0.2) is 9.79 Å². The first-order valence-corrected chi connectivity index (χ1v) is 5.00. The Morgan fingerprint density at radius 1 is 1.47 bits per heavy atom. The number of carboxylic acids is 1. The van der Waals surface area contributed by atoms with Gasteiger partial charge in [0.05, 0.1) is 5.92 Å². The summed E-state index contributed by atoms with van der Waals surface area (Å²) in [6.45, 7) is 0. The van der Waals surface area contributed by atoms with Gasteiger partial charge in [0.2, 0.25) is 0 Å². The van der Waals surface area contributed by atoms with Crippen LogP contribution in [0.3, 0.4) is 0 Å². The predicted octanol–water partition coefficient (Wildman–Crippen LogP) is 1.44. The Labute approximate surface area is 93.8 Å². The van der Waals surface area contributed by atoms with Crippen molar-refractivity contribution in [3.63, 3.8) is 0 Å². The zero-order valence-electron chi connectivity index (χ0n) is 7.48. The van der Waals surface area contributed by atoms with Crippen molar-refractivity contribution in [2.75, 3.05) is 0 Å². The first-order valence-electron chi connectivity index (χ1n) is 4.21. The SMILES string of the molecule is O=C(O)C1=NC(=O)C2C=C(Br)C=CC2=C1. The zero-order valence-corrected chi connectivity index (χ0v) is 9.06. The summed E-state index contributed by atoms with van der Waals surface area (Å²) in [5.74, 6) is -2.07. The number of allylic oxidation sites excluding steroid dienone is 3. The van der Waals surface area contributed by atoms with Crippen molar-refractivity contribution >= 4 is 33.5 Å². The number of carbonyl (C=O) groups excluding carboxylic acids is 1. The Morgan fingerprint density at radius 3 is 2.87 bits per heavy atom. The molecule has 1 aliphatic carbocycles. The number of nitrogens with zero attached hydrogens (tertiary/aromatic N) is 1. The van der Waals surface area contributed by atoms with Crippen LogP contribution in [0.25, 0.3) is 0 Å². The third kappa shape index (κ3) is 1.83. The van der Waals surface area contributed by atoms with Crippen molar-refractivity contribution in [3.05, 3.63) is 34.4 Å². The molecule has 76 valence electrons. The fourth-order valence-corrected chi connectivity index (χ4v) is 1.83. The average Bonchev–Trinajstić information content (AvgIpc) is 2.18. The van der Waals surface area contributed by atoms with Gasteiger partial charge < -0.3 is 5.11 Å². The van der Waals surface area contributed by atoms with E-state index in [1.54, 1.807) is 18.2 Å². The molecule has 1 heterocycles. The highest BCUT2D eigenvalue weighted by Crippen LogP contribution is 2.28. The third-order valence-electron chi connectivity index (χ3n) is 2.14. The van der Waals surface area contributed by atoms with Gasteiger partial charge in [-0.3, -0.25) is 4.79 Å². The maximum atomic E-state index is 11.5. The number of halogens is 1. The largest absolute Gasteiger partial charge is 0.477 e. The van der Waals surface area contributed by atoms with Gasteiger partial charge in [-0.1, -0.05) is 28.1 Å². The standard InChI is InChI=1S/C10H6BrNO3/c11-6-2-1-5-3-8(10(14)15)12-9(13)7(5)4-6/h1-4,7H,(H,14,15). The number of carboxylic acid groups (broad SMARTS) is 1. The second kappa shape index (κ2) is 3.58. The highest BCUT2D eigenvalue weighted by molar-refractivity contribution is 9.11. The van der Waals surface area contributed by atoms with Gasteiger partial charge >= 0.3 is 5.97 Å². The van der Waals surface area contributed by atoms with E-state index in [1.165, 1.54) is 6.08 Å². The topological polar surface area (TPSA) is 66.7 Å².